The van der Waals surface area contributed by atoms with E-state index >= 15 is 0 Å². The summed E-state index contributed by atoms with van der Waals surface area (Å²) >= 11 is 0. The summed E-state index contributed by atoms with van der Waals surface area (Å²) in [5.74, 6) is -1.21. The van der Waals surface area contributed by atoms with Crippen molar-refractivity contribution < 1.29 is 37.0 Å². The fourth-order valence-electron chi connectivity index (χ4n) is 3.81. The molecular weight excluding hydrogens is 464 g/mol. The molecule has 0 spiro atoms. The van der Waals surface area contributed by atoms with E-state index in [4.69, 9.17) is 14.2 Å². The van der Waals surface area contributed by atoms with E-state index in [1.165, 1.54) is 40.7 Å². The molecule has 0 radical (unpaired) electrons. The van der Waals surface area contributed by atoms with Crippen LogP contribution >= 0.6 is 0 Å². The van der Waals surface area contributed by atoms with E-state index in [9.17, 15) is 22.8 Å². The molecule has 180 valence electrons. The number of benzene rings is 2. The lowest BCUT2D eigenvalue weighted by molar-refractivity contribution is -0.118. The largest absolute Gasteiger partial charge is 0.482 e. The van der Waals surface area contributed by atoms with Gasteiger partial charge in [0.25, 0.3) is 5.91 Å². The summed E-state index contributed by atoms with van der Waals surface area (Å²) in [6.07, 6.45) is -0.498. The maximum atomic E-state index is 13.1. The number of fused-ring (bicyclic) bond motifs is 1. The van der Waals surface area contributed by atoms with Crippen LogP contribution in [0.4, 0.5) is 5.69 Å². The minimum Gasteiger partial charge on any atom is -0.482 e. The van der Waals surface area contributed by atoms with Gasteiger partial charge in [0, 0.05) is 18.7 Å². The molecule has 4 rings (SSSR count). The number of morpholine rings is 1. The topological polar surface area (TPSA) is 128 Å². The number of ketones is 1. The van der Waals surface area contributed by atoms with Crippen LogP contribution in [0.15, 0.2) is 47.4 Å². The van der Waals surface area contributed by atoms with Gasteiger partial charge in [-0.1, -0.05) is 6.07 Å². The number of nitrogens with one attached hydrogen (secondary N) is 1. The summed E-state index contributed by atoms with van der Waals surface area (Å²) in [5.41, 5.74) is 0.594. The average molecular weight is 489 g/mol. The van der Waals surface area contributed by atoms with Crippen molar-refractivity contribution in [1.29, 1.82) is 0 Å². The van der Waals surface area contributed by atoms with Crippen molar-refractivity contribution in [2.24, 2.45) is 0 Å². The first kappa shape index (κ1) is 23.9. The first-order valence-corrected chi connectivity index (χ1v) is 12.1. The first-order valence-electron chi connectivity index (χ1n) is 10.7. The number of hydrogen-bond acceptors (Lipinski definition) is 8. The van der Waals surface area contributed by atoms with Crippen molar-refractivity contribution in [3.63, 3.8) is 0 Å². The Morgan fingerprint density at radius 1 is 1.09 bits per heavy atom. The molecular formula is C23H24N2O8S. The van der Waals surface area contributed by atoms with Gasteiger partial charge in [-0.3, -0.25) is 9.59 Å². The molecule has 2 heterocycles. The number of esters is 1. The van der Waals surface area contributed by atoms with E-state index in [0.717, 1.165) is 0 Å². The molecule has 2 atom stereocenters. The quantitative estimate of drug-likeness (QED) is 0.482. The summed E-state index contributed by atoms with van der Waals surface area (Å²) < 4.78 is 43.4. The number of sulfonamides is 1. The van der Waals surface area contributed by atoms with Crippen molar-refractivity contribution in [3.8, 4) is 5.75 Å². The van der Waals surface area contributed by atoms with E-state index < -0.39 is 28.4 Å². The molecule has 0 aromatic heterocycles. The molecule has 1 N–H and O–H groups in total. The summed E-state index contributed by atoms with van der Waals surface area (Å²) in [7, 11) is -3.84. The minimum absolute atomic E-state index is 0.00864. The molecule has 1 fully saturated rings. The van der Waals surface area contributed by atoms with Gasteiger partial charge >= 0.3 is 5.97 Å². The van der Waals surface area contributed by atoms with Crippen LogP contribution in [0, 0.1) is 0 Å². The number of anilines is 1. The normalized spacial score (nSPS) is 20.6. The first-order chi connectivity index (χ1) is 16.1. The SMILES string of the molecule is CC1CN(S(=O)(=O)c2cccc(C(=O)OCC(=O)c3ccc4c(c3)NC(=O)CO4)c2)CC(C)O1. The maximum Gasteiger partial charge on any atom is 0.338 e. The van der Waals surface area contributed by atoms with Gasteiger partial charge < -0.3 is 19.5 Å². The molecule has 1 saturated heterocycles. The zero-order valence-electron chi connectivity index (χ0n) is 18.6. The molecule has 0 bridgehead atoms. The standard InChI is InChI=1S/C23H24N2O8S/c1-14-10-25(11-15(2)33-14)34(29,30)18-5-3-4-17(8-18)23(28)32-12-20(26)16-6-7-21-19(9-16)24-22(27)13-31-21/h3-9,14-15H,10-13H2,1-2H3,(H,24,27). The van der Waals surface area contributed by atoms with Crippen LogP contribution in [0.1, 0.15) is 34.6 Å². The lowest BCUT2D eigenvalue weighted by atomic mass is 10.1. The average Bonchev–Trinajstić information content (AvgIpc) is 2.81. The number of Topliss-reactive ketones (excluding diaryl/α,β-unsaturated/α-hetero) is 1. The summed E-state index contributed by atoms with van der Waals surface area (Å²) in [4.78, 5) is 36.5. The van der Waals surface area contributed by atoms with Crippen LogP contribution in [0.2, 0.25) is 0 Å². The summed E-state index contributed by atoms with van der Waals surface area (Å²) in [6.45, 7) is 3.36. The fraction of sp³-hybridized carbons (Fsp3) is 0.348. The predicted octanol–water partition coefficient (Wildman–Crippen LogP) is 1.86. The number of rotatable bonds is 6. The van der Waals surface area contributed by atoms with Crippen LogP contribution in [0.5, 0.6) is 5.75 Å². The zero-order chi connectivity index (χ0) is 24.5. The molecule has 2 aliphatic heterocycles. The number of amides is 1. The Balaban J connectivity index is 1.43. The van der Waals surface area contributed by atoms with Crippen molar-refractivity contribution in [3.05, 3.63) is 53.6 Å². The van der Waals surface area contributed by atoms with Gasteiger partial charge in [0.1, 0.15) is 5.75 Å². The summed E-state index contributed by atoms with van der Waals surface area (Å²) in [5, 5.41) is 2.61. The summed E-state index contributed by atoms with van der Waals surface area (Å²) in [6, 6.07) is 10.0. The third kappa shape index (κ3) is 5.11. The van der Waals surface area contributed by atoms with E-state index in [1.54, 1.807) is 19.9 Å². The van der Waals surface area contributed by atoms with Gasteiger partial charge in [-0.05, 0) is 50.2 Å². The van der Waals surface area contributed by atoms with Crippen molar-refractivity contribution in [1.82, 2.24) is 4.31 Å². The monoisotopic (exact) mass is 488 g/mol. The number of hydrogen-bond donors (Lipinski definition) is 1. The Bertz CT molecular complexity index is 1230. The van der Waals surface area contributed by atoms with Crippen molar-refractivity contribution >= 4 is 33.4 Å². The lowest BCUT2D eigenvalue weighted by Crippen LogP contribution is -2.48. The second kappa shape index (κ2) is 9.53. The molecule has 0 aliphatic carbocycles. The van der Waals surface area contributed by atoms with E-state index in [1.807, 2.05) is 0 Å². The van der Waals surface area contributed by atoms with Crippen LogP contribution in [-0.2, 0) is 24.3 Å². The smallest absolute Gasteiger partial charge is 0.338 e. The molecule has 2 aromatic rings. The number of carbonyl (C=O) groups excluding carboxylic acids is 3. The van der Waals surface area contributed by atoms with Gasteiger partial charge in [0.15, 0.2) is 19.0 Å². The van der Waals surface area contributed by atoms with Crippen LogP contribution in [-0.4, -0.2) is 68.9 Å². The highest BCUT2D eigenvalue weighted by atomic mass is 32.2. The van der Waals surface area contributed by atoms with Gasteiger partial charge in [-0.25, -0.2) is 13.2 Å². The highest BCUT2D eigenvalue weighted by molar-refractivity contribution is 7.89. The highest BCUT2D eigenvalue weighted by Crippen LogP contribution is 2.28. The Hall–Kier alpha value is -3.28. The Kier molecular flexibility index (Phi) is 6.69. The highest BCUT2D eigenvalue weighted by Gasteiger charge is 2.32. The molecule has 0 saturated carbocycles. The Labute approximate surface area is 196 Å². The van der Waals surface area contributed by atoms with Gasteiger partial charge in [0.2, 0.25) is 10.0 Å². The Morgan fingerprint density at radius 2 is 1.82 bits per heavy atom. The third-order valence-corrected chi connectivity index (χ3v) is 7.19. The predicted molar refractivity (Wildman–Crippen MR) is 120 cm³/mol. The van der Waals surface area contributed by atoms with Crippen molar-refractivity contribution in [2.75, 3.05) is 31.6 Å². The van der Waals surface area contributed by atoms with Gasteiger partial charge in [-0.15, -0.1) is 0 Å². The van der Waals surface area contributed by atoms with Crippen LogP contribution in [0.3, 0.4) is 0 Å². The fourth-order valence-corrected chi connectivity index (χ4v) is 5.45. The van der Waals surface area contributed by atoms with Gasteiger partial charge in [-0.2, -0.15) is 4.31 Å². The molecule has 2 unspecified atom stereocenters. The molecule has 10 nitrogen and oxygen atoms in total. The second-order valence-corrected chi connectivity index (χ2v) is 10.1. The third-order valence-electron chi connectivity index (χ3n) is 5.36. The number of carbonyl (C=O) groups is 3. The Morgan fingerprint density at radius 3 is 2.56 bits per heavy atom. The molecule has 2 aliphatic rings. The number of ether oxygens (including phenoxy) is 3. The molecule has 11 heteroatoms. The second-order valence-electron chi connectivity index (χ2n) is 8.15. The van der Waals surface area contributed by atoms with E-state index in [0.29, 0.717) is 11.4 Å². The lowest BCUT2D eigenvalue weighted by Gasteiger charge is -2.34. The van der Waals surface area contributed by atoms with Gasteiger partial charge in [0.05, 0.1) is 28.4 Å². The maximum absolute atomic E-state index is 13.1. The van der Waals surface area contributed by atoms with Crippen LogP contribution in [0.25, 0.3) is 0 Å². The van der Waals surface area contributed by atoms with E-state index in [2.05, 4.69) is 5.32 Å². The molecule has 1 amide bonds. The van der Waals surface area contributed by atoms with Crippen LogP contribution < -0.4 is 10.1 Å². The zero-order valence-corrected chi connectivity index (χ0v) is 19.5. The minimum atomic E-state index is -3.84. The number of nitrogens with zero attached hydrogens (tertiary/aromatic N) is 1. The van der Waals surface area contributed by atoms with E-state index in [-0.39, 0.29) is 53.8 Å². The van der Waals surface area contributed by atoms with Crippen molar-refractivity contribution in [2.45, 2.75) is 31.0 Å². The molecule has 2 aromatic carbocycles. The molecule has 34 heavy (non-hydrogen) atoms.